The maximum atomic E-state index is 13.0. The van der Waals surface area contributed by atoms with Crippen molar-refractivity contribution in [2.75, 3.05) is 32.5 Å². The van der Waals surface area contributed by atoms with Gasteiger partial charge in [-0.15, -0.1) is 0 Å². The van der Waals surface area contributed by atoms with Crippen LogP contribution in [0.25, 0.3) is 21.9 Å². The highest BCUT2D eigenvalue weighted by molar-refractivity contribution is 7.79. The van der Waals surface area contributed by atoms with Gasteiger partial charge in [-0.25, -0.2) is 0 Å². The summed E-state index contributed by atoms with van der Waals surface area (Å²) in [5.74, 6) is 0. The fraction of sp³-hybridized carbons (Fsp3) is 0.263. The van der Waals surface area contributed by atoms with E-state index < -0.39 is 0 Å². The molecule has 1 heterocycles. The highest BCUT2D eigenvalue weighted by Crippen LogP contribution is 2.27. The molecule has 1 aromatic heterocycles. The largest absolute Gasteiger partial charge is 0.455 e. The van der Waals surface area contributed by atoms with E-state index in [0.717, 1.165) is 30.8 Å². The molecule has 0 aliphatic carbocycles. The van der Waals surface area contributed by atoms with Gasteiger partial charge in [0.05, 0.1) is 10.8 Å². The average Bonchev–Trinajstić information content (AvgIpc) is 2.58. The minimum atomic E-state index is -0.0272. The number of hydrogen-bond acceptors (Lipinski definition) is 5. The maximum absolute atomic E-state index is 13.0. The number of para-hydroxylation sites is 1. The van der Waals surface area contributed by atoms with Gasteiger partial charge in [0.15, 0.2) is 0 Å². The Balaban J connectivity index is 2.11. The molecule has 4 nitrogen and oxygen atoms in total. The molecule has 0 fully saturated rings. The quantitative estimate of drug-likeness (QED) is 0.421. The van der Waals surface area contributed by atoms with E-state index >= 15 is 0 Å². The van der Waals surface area contributed by atoms with E-state index in [-0.39, 0.29) is 5.43 Å². The molecule has 1 N–H and O–H groups in total. The van der Waals surface area contributed by atoms with Crippen LogP contribution in [0, 0.1) is 0 Å². The Morgan fingerprint density at radius 3 is 2.75 bits per heavy atom. The maximum Gasteiger partial charge on any atom is 0.202 e. The summed E-state index contributed by atoms with van der Waals surface area (Å²) in [6.07, 6.45) is 0.988. The Morgan fingerprint density at radius 1 is 1.21 bits per heavy atom. The summed E-state index contributed by atoms with van der Waals surface area (Å²) in [5.41, 5.74) is 2.65. The fourth-order valence-corrected chi connectivity index (χ4v) is 2.97. The molecule has 0 saturated heterocycles. The van der Waals surface area contributed by atoms with Crippen molar-refractivity contribution in [2.24, 2.45) is 0 Å². The van der Waals surface area contributed by atoms with E-state index in [1.807, 2.05) is 38.4 Å². The summed E-state index contributed by atoms with van der Waals surface area (Å²) < 4.78 is 5.99. The standard InChI is InChI=1S/C19H20N2O2S/c1-21(2)11-5-10-20-15-9-8-13(12-24)19-17(15)18(22)14-6-3-4-7-16(14)23-19/h3-4,6-9,12,20H,5,10-11H2,1-2H3. The van der Waals surface area contributed by atoms with Crippen LogP contribution < -0.4 is 10.7 Å². The van der Waals surface area contributed by atoms with Gasteiger partial charge in [-0.1, -0.05) is 24.4 Å². The first-order valence-corrected chi connectivity index (χ1v) is 8.41. The second kappa shape index (κ2) is 7.11. The van der Waals surface area contributed by atoms with Crippen LogP contribution in [0.1, 0.15) is 12.0 Å². The summed E-state index contributed by atoms with van der Waals surface area (Å²) in [6.45, 7) is 1.77. The third-order valence-corrected chi connectivity index (χ3v) is 4.24. The predicted molar refractivity (Wildman–Crippen MR) is 104 cm³/mol. The molecule has 0 atom stereocenters. The lowest BCUT2D eigenvalue weighted by Gasteiger charge is -2.13. The first-order chi connectivity index (χ1) is 11.6. The van der Waals surface area contributed by atoms with Crippen molar-refractivity contribution < 1.29 is 4.42 Å². The topological polar surface area (TPSA) is 45.5 Å². The zero-order valence-electron chi connectivity index (χ0n) is 13.8. The van der Waals surface area contributed by atoms with Crippen molar-refractivity contribution in [1.82, 2.24) is 4.90 Å². The highest BCUT2D eigenvalue weighted by Gasteiger charge is 2.14. The number of hydrogen-bond donors (Lipinski definition) is 1. The monoisotopic (exact) mass is 340 g/mol. The zero-order chi connectivity index (χ0) is 17.1. The lowest BCUT2D eigenvalue weighted by molar-refractivity contribution is 0.405. The van der Waals surface area contributed by atoms with Gasteiger partial charge in [-0.05, 0) is 51.3 Å². The molecule has 3 aromatic rings. The molecule has 0 aliphatic heterocycles. The van der Waals surface area contributed by atoms with E-state index in [9.17, 15) is 4.79 Å². The van der Waals surface area contributed by atoms with Gasteiger partial charge in [-0.3, -0.25) is 4.79 Å². The zero-order valence-corrected chi connectivity index (χ0v) is 14.7. The number of benzene rings is 2. The number of rotatable bonds is 6. The second-order valence-electron chi connectivity index (χ2n) is 6.04. The van der Waals surface area contributed by atoms with Crippen LogP contribution in [-0.2, 0) is 0 Å². The van der Waals surface area contributed by atoms with E-state index in [4.69, 9.17) is 16.6 Å². The van der Waals surface area contributed by atoms with Crippen molar-refractivity contribution >= 4 is 45.2 Å². The summed E-state index contributed by atoms with van der Waals surface area (Å²) in [4.78, 5) is 15.1. The molecule has 0 radical (unpaired) electrons. The molecule has 3 rings (SSSR count). The SMILES string of the molecule is CN(C)CCCNc1ccc(C=S)c2oc3ccccc3c(=O)c12. The van der Waals surface area contributed by atoms with Gasteiger partial charge < -0.3 is 14.6 Å². The van der Waals surface area contributed by atoms with Gasteiger partial charge in [0.2, 0.25) is 5.43 Å². The Kier molecular flexibility index (Phi) is 4.92. The third-order valence-electron chi connectivity index (χ3n) is 3.98. The molecule has 24 heavy (non-hydrogen) atoms. The van der Waals surface area contributed by atoms with E-state index in [1.54, 1.807) is 17.5 Å². The van der Waals surface area contributed by atoms with Crippen molar-refractivity contribution in [3.8, 4) is 0 Å². The van der Waals surface area contributed by atoms with Gasteiger partial charge in [-0.2, -0.15) is 0 Å². The fourth-order valence-electron chi connectivity index (χ4n) is 2.78. The normalized spacial score (nSPS) is 11.3. The number of fused-ring (bicyclic) bond motifs is 2. The number of anilines is 1. The van der Waals surface area contributed by atoms with E-state index in [0.29, 0.717) is 21.9 Å². The van der Waals surface area contributed by atoms with Crippen LogP contribution in [0.5, 0.6) is 0 Å². The lowest BCUT2D eigenvalue weighted by atomic mass is 10.1. The molecule has 0 bridgehead atoms. The van der Waals surface area contributed by atoms with Crippen LogP contribution >= 0.6 is 12.2 Å². The van der Waals surface area contributed by atoms with Gasteiger partial charge in [0.25, 0.3) is 0 Å². The highest BCUT2D eigenvalue weighted by atomic mass is 32.1. The minimum Gasteiger partial charge on any atom is -0.455 e. The number of nitrogens with one attached hydrogen (secondary N) is 1. The van der Waals surface area contributed by atoms with Crippen LogP contribution in [0.2, 0.25) is 0 Å². The van der Waals surface area contributed by atoms with Crippen LogP contribution in [-0.4, -0.2) is 37.5 Å². The molecule has 0 aliphatic rings. The molecule has 0 spiro atoms. The molecule has 0 saturated carbocycles. The second-order valence-corrected chi connectivity index (χ2v) is 6.27. The summed E-state index contributed by atoms with van der Waals surface area (Å²) in [6, 6.07) is 11.1. The van der Waals surface area contributed by atoms with Gasteiger partial charge in [0, 0.05) is 23.2 Å². The molecule has 0 amide bonds. The Labute approximate surface area is 146 Å². The van der Waals surface area contributed by atoms with Crippen molar-refractivity contribution in [1.29, 1.82) is 0 Å². The smallest absolute Gasteiger partial charge is 0.202 e. The van der Waals surface area contributed by atoms with Crippen LogP contribution in [0.3, 0.4) is 0 Å². The Morgan fingerprint density at radius 2 is 2.00 bits per heavy atom. The Hall–Kier alpha value is -2.24. The molecule has 124 valence electrons. The predicted octanol–water partition coefficient (Wildman–Crippen LogP) is 3.66. The first-order valence-electron chi connectivity index (χ1n) is 7.94. The molecule has 0 unspecified atom stereocenters. The Bertz CT molecular complexity index is 947. The van der Waals surface area contributed by atoms with Crippen molar-refractivity contribution in [3.05, 3.63) is 52.2 Å². The first kappa shape index (κ1) is 16.6. The van der Waals surface area contributed by atoms with Crippen LogP contribution in [0.4, 0.5) is 5.69 Å². The lowest BCUT2D eigenvalue weighted by Crippen LogP contribution is -2.17. The minimum absolute atomic E-state index is 0.0272. The molecular formula is C19H20N2O2S. The van der Waals surface area contributed by atoms with E-state index in [2.05, 4.69) is 10.2 Å². The summed E-state index contributed by atoms with van der Waals surface area (Å²) in [7, 11) is 4.09. The average molecular weight is 340 g/mol. The van der Waals surface area contributed by atoms with E-state index in [1.165, 1.54) is 0 Å². The third kappa shape index (κ3) is 3.18. The summed E-state index contributed by atoms with van der Waals surface area (Å²) in [5, 5.41) is 6.07. The number of thiocarbonyl (C=S) groups is 1. The van der Waals surface area contributed by atoms with Crippen molar-refractivity contribution in [2.45, 2.75) is 6.42 Å². The molecular weight excluding hydrogens is 320 g/mol. The molecule has 2 aromatic carbocycles. The van der Waals surface area contributed by atoms with Gasteiger partial charge in [0.1, 0.15) is 11.2 Å². The number of nitrogens with zero attached hydrogens (tertiary/aromatic N) is 1. The summed E-state index contributed by atoms with van der Waals surface area (Å²) >= 11 is 5.08. The van der Waals surface area contributed by atoms with Crippen molar-refractivity contribution in [3.63, 3.8) is 0 Å². The van der Waals surface area contributed by atoms with Crippen LogP contribution in [0.15, 0.2) is 45.6 Å². The molecule has 5 heteroatoms. The van der Waals surface area contributed by atoms with Gasteiger partial charge >= 0.3 is 0 Å².